The van der Waals surface area contributed by atoms with Gasteiger partial charge in [0.1, 0.15) is 5.70 Å². The van der Waals surface area contributed by atoms with Crippen LogP contribution in [0.5, 0.6) is 0 Å². The molecule has 0 saturated carbocycles. The number of carbonyl (C=O) groups excluding carboxylic acids is 2. The third-order valence-corrected chi connectivity index (χ3v) is 5.79. The highest BCUT2D eigenvalue weighted by atomic mass is 35.5. The molecule has 0 spiro atoms. The maximum Gasteiger partial charge on any atom is 0.278 e. The van der Waals surface area contributed by atoms with Crippen LogP contribution in [0.25, 0.3) is 5.57 Å². The zero-order valence-electron chi connectivity index (χ0n) is 18.4. The lowest BCUT2D eigenvalue weighted by Crippen LogP contribution is -2.34. The third kappa shape index (κ3) is 4.61. The van der Waals surface area contributed by atoms with Crippen molar-refractivity contribution in [2.75, 3.05) is 11.9 Å². The molecule has 0 unspecified atom stereocenters. The van der Waals surface area contributed by atoms with Crippen molar-refractivity contribution in [2.45, 2.75) is 27.2 Å². The van der Waals surface area contributed by atoms with Gasteiger partial charge in [-0.25, -0.2) is 0 Å². The molecule has 0 aliphatic carbocycles. The second-order valence-electron chi connectivity index (χ2n) is 8.26. The van der Waals surface area contributed by atoms with Crippen molar-refractivity contribution in [3.8, 4) is 0 Å². The number of carbonyl (C=O) groups is 2. The number of anilines is 1. The summed E-state index contributed by atoms with van der Waals surface area (Å²) in [6.45, 7) is 6.31. The Kier molecular flexibility index (Phi) is 6.15. The van der Waals surface area contributed by atoms with E-state index in [1.165, 1.54) is 4.90 Å². The standard InChI is InChI=1S/C27H25ClN2O2/c1-17-4-8-21(9-5-17)24-25(29-23-15-18(2)14-19(3)16-23)27(32)30(26(24)31)13-12-20-6-10-22(28)11-7-20/h4-11,14-16,29H,12-13H2,1-3H3. The Bertz CT molecular complexity index is 1190. The lowest BCUT2D eigenvalue weighted by molar-refractivity contribution is -0.136. The van der Waals surface area contributed by atoms with E-state index in [0.29, 0.717) is 29.3 Å². The van der Waals surface area contributed by atoms with Crippen molar-refractivity contribution in [1.29, 1.82) is 0 Å². The number of aryl methyl sites for hydroxylation is 3. The summed E-state index contributed by atoms with van der Waals surface area (Å²) in [5.74, 6) is -0.585. The fourth-order valence-electron chi connectivity index (χ4n) is 3.97. The largest absolute Gasteiger partial charge is 0.350 e. The van der Waals surface area contributed by atoms with Crippen LogP contribution in [0.3, 0.4) is 0 Å². The van der Waals surface area contributed by atoms with E-state index >= 15 is 0 Å². The average molecular weight is 445 g/mol. The molecule has 0 saturated heterocycles. The minimum atomic E-state index is -0.307. The van der Waals surface area contributed by atoms with Gasteiger partial charge >= 0.3 is 0 Å². The van der Waals surface area contributed by atoms with Gasteiger partial charge in [-0.15, -0.1) is 0 Å². The van der Waals surface area contributed by atoms with Crippen LogP contribution in [0.4, 0.5) is 5.69 Å². The van der Waals surface area contributed by atoms with E-state index in [9.17, 15) is 9.59 Å². The van der Waals surface area contributed by atoms with Gasteiger partial charge in [0.15, 0.2) is 0 Å². The number of rotatable bonds is 6. The SMILES string of the molecule is Cc1ccc(C2=C(Nc3cc(C)cc(C)c3)C(=O)N(CCc3ccc(Cl)cc3)C2=O)cc1. The molecule has 162 valence electrons. The lowest BCUT2D eigenvalue weighted by atomic mass is 10.0. The van der Waals surface area contributed by atoms with E-state index in [1.807, 2.05) is 81.4 Å². The summed E-state index contributed by atoms with van der Waals surface area (Å²) < 4.78 is 0. The predicted molar refractivity (Wildman–Crippen MR) is 130 cm³/mol. The van der Waals surface area contributed by atoms with E-state index in [2.05, 4.69) is 11.4 Å². The molecule has 0 fully saturated rings. The molecule has 1 heterocycles. The van der Waals surface area contributed by atoms with Gasteiger partial charge in [-0.3, -0.25) is 14.5 Å². The number of benzene rings is 3. The monoisotopic (exact) mass is 444 g/mol. The number of nitrogens with one attached hydrogen (secondary N) is 1. The molecule has 0 bridgehead atoms. The van der Waals surface area contributed by atoms with Gasteiger partial charge < -0.3 is 5.32 Å². The molecular formula is C27H25ClN2O2. The molecule has 3 aromatic rings. The fourth-order valence-corrected chi connectivity index (χ4v) is 4.09. The van der Waals surface area contributed by atoms with Gasteiger partial charge in [0.05, 0.1) is 5.57 Å². The van der Waals surface area contributed by atoms with Crippen LogP contribution in [0.2, 0.25) is 5.02 Å². The second-order valence-corrected chi connectivity index (χ2v) is 8.69. The summed E-state index contributed by atoms with van der Waals surface area (Å²) in [5.41, 5.74) is 6.53. The molecule has 0 atom stereocenters. The minimum absolute atomic E-state index is 0.278. The first-order valence-electron chi connectivity index (χ1n) is 10.6. The Morgan fingerprint density at radius 2 is 1.41 bits per heavy atom. The number of nitrogens with zero attached hydrogens (tertiary/aromatic N) is 1. The zero-order chi connectivity index (χ0) is 22.8. The van der Waals surface area contributed by atoms with Crippen LogP contribution in [0.15, 0.2) is 72.4 Å². The highest BCUT2D eigenvalue weighted by molar-refractivity contribution is 6.36. The highest BCUT2D eigenvalue weighted by Gasteiger charge is 2.38. The summed E-state index contributed by atoms with van der Waals surface area (Å²) in [4.78, 5) is 28.1. The van der Waals surface area contributed by atoms with E-state index in [-0.39, 0.29) is 11.8 Å². The summed E-state index contributed by atoms with van der Waals surface area (Å²) >= 11 is 5.97. The molecule has 2 amide bonds. The molecule has 3 aromatic carbocycles. The van der Waals surface area contributed by atoms with Crippen LogP contribution in [-0.4, -0.2) is 23.3 Å². The van der Waals surface area contributed by atoms with E-state index in [4.69, 9.17) is 11.6 Å². The van der Waals surface area contributed by atoms with Crippen LogP contribution in [0, 0.1) is 20.8 Å². The van der Waals surface area contributed by atoms with Crippen molar-refractivity contribution in [2.24, 2.45) is 0 Å². The molecule has 1 N–H and O–H groups in total. The summed E-state index contributed by atoms with van der Waals surface area (Å²) in [6.07, 6.45) is 0.562. The number of halogens is 1. The maximum atomic E-state index is 13.4. The lowest BCUT2D eigenvalue weighted by Gasteiger charge is -2.15. The number of imide groups is 1. The first kappa shape index (κ1) is 21.8. The van der Waals surface area contributed by atoms with Gasteiger partial charge in [0.2, 0.25) is 0 Å². The van der Waals surface area contributed by atoms with Crippen molar-refractivity contribution in [1.82, 2.24) is 4.90 Å². The molecular weight excluding hydrogens is 420 g/mol. The third-order valence-electron chi connectivity index (χ3n) is 5.54. The molecule has 0 radical (unpaired) electrons. The quantitative estimate of drug-likeness (QED) is 0.496. The molecule has 4 rings (SSSR count). The number of amides is 2. The molecule has 32 heavy (non-hydrogen) atoms. The van der Waals surface area contributed by atoms with Gasteiger partial charge in [0.25, 0.3) is 11.8 Å². The number of hydrogen-bond donors (Lipinski definition) is 1. The normalized spacial score (nSPS) is 13.8. The van der Waals surface area contributed by atoms with Crippen molar-refractivity contribution >= 4 is 34.7 Å². The van der Waals surface area contributed by atoms with Crippen LogP contribution >= 0.6 is 11.6 Å². The Labute approximate surface area is 193 Å². The Hall–Kier alpha value is -3.37. The van der Waals surface area contributed by atoms with Crippen LogP contribution in [-0.2, 0) is 16.0 Å². The van der Waals surface area contributed by atoms with Gasteiger partial charge in [-0.1, -0.05) is 59.6 Å². The van der Waals surface area contributed by atoms with Gasteiger partial charge in [0, 0.05) is 17.3 Å². The molecule has 1 aliphatic rings. The molecule has 1 aliphatic heterocycles. The second kappa shape index (κ2) is 9.01. The Morgan fingerprint density at radius 3 is 2.03 bits per heavy atom. The average Bonchev–Trinajstić information content (AvgIpc) is 2.97. The molecule has 4 nitrogen and oxygen atoms in total. The van der Waals surface area contributed by atoms with E-state index < -0.39 is 0 Å². The van der Waals surface area contributed by atoms with Crippen molar-refractivity contribution < 1.29 is 9.59 Å². The minimum Gasteiger partial charge on any atom is -0.350 e. The van der Waals surface area contributed by atoms with E-state index in [1.54, 1.807) is 0 Å². The zero-order valence-corrected chi connectivity index (χ0v) is 19.2. The molecule has 0 aromatic heterocycles. The maximum absolute atomic E-state index is 13.4. The summed E-state index contributed by atoms with van der Waals surface area (Å²) in [5, 5.41) is 3.91. The Morgan fingerprint density at radius 1 is 0.781 bits per heavy atom. The van der Waals surface area contributed by atoms with Gasteiger partial charge in [-0.2, -0.15) is 0 Å². The highest BCUT2D eigenvalue weighted by Crippen LogP contribution is 2.31. The topological polar surface area (TPSA) is 49.4 Å². The fraction of sp³-hybridized carbons (Fsp3) is 0.185. The van der Waals surface area contributed by atoms with Crippen LogP contribution < -0.4 is 5.32 Å². The van der Waals surface area contributed by atoms with Crippen molar-refractivity contribution in [3.05, 3.63) is 105 Å². The smallest absolute Gasteiger partial charge is 0.278 e. The summed E-state index contributed by atoms with van der Waals surface area (Å²) in [7, 11) is 0. The molecule has 5 heteroatoms. The Balaban J connectivity index is 1.67. The van der Waals surface area contributed by atoms with Crippen LogP contribution in [0.1, 0.15) is 27.8 Å². The van der Waals surface area contributed by atoms with E-state index in [0.717, 1.165) is 33.5 Å². The van der Waals surface area contributed by atoms with Gasteiger partial charge in [-0.05, 0) is 73.7 Å². The first-order valence-corrected chi connectivity index (χ1v) is 11.0. The van der Waals surface area contributed by atoms with Crippen molar-refractivity contribution in [3.63, 3.8) is 0 Å². The number of hydrogen-bond acceptors (Lipinski definition) is 3. The summed E-state index contributed by atoms with van der Waals surface area (Å²) in [6, 6.07) is 21.1. The predicted octanol–water partition coefficient (Wildman–Crippen LogP) is 5.70. The first-order chi connectivity index (χ1) is 15.3.